The number of methoxy groups -OCH3 is 1. The maximum atomic E-state index is 13.7. The number of alkyl halides is 3. The molecule has 0 saturated heterocycles. The predicted molar refractivity (Wildman–Crippen MR) is 107 cm³/mol. The molecular formula is C20H12ClF4N5O2. The first-order chi connectivity index (χ1) is 15.2. The van der Waals surface area contributed by atoms with Gasteiger partial charge in [0.25, 0.3) is 11.7 Å². The molecule has 4 aromatic rings. The van der Waals surface area contributed by atoms with Crippen molar-refractivity contribution in [1.82, 2.24) is 19.6 Å². The number of fused-ring (bicyclic) bond motifs is 1. The minimum absolute atomic E-state index is 0.0165. The zero-order chi connectivity index (χ0) is 23.0. The number of anilines is 1. The fourth-order valence-corrected chi connectivity index (χ4v) is 3.02. The maximum absolute atomic E-state index is 13.7. The highest BCUT2D eigenvalue weighted by atomic mass is 35.5. The van der Waals surface area contributed by atoms with Crippen LogP contribution in [0.15, 0.2) is 48.5 Å². The third-order valence-corrected chi connectivity index (χ3v) is 4.66. The Morgan fingerprint density at radius 2 is 1.81 bits per heavy atom. The van der Waals surface area contributed by atoms with Crippen molar-refractivity contribution < 1.29 is 27.1 Å². The number of carbonyl (C=O) groups excluding carboxylic acids is 1. The molecule has 4 rings (SSSR count). The number of hydrogen-bond donors (Lipinski definition) is 1. The number of nitrogens with one attached hydrogen (secondary N) is 1. The second-order valence-corrected chi connectivity index (χ2v) is 6.89. The molecule has 0 saturated carbocycles. The molecule has 1 amide bonds. The summed E-state index contributed by atoms with van der Waals surface area (Å²) in [7, 11) is 1.46. The predicted octanol–water partition coefficient (Wildman–Crippen LogP) is 4.86. The maximum Gasteiger partial charge on any atom is 0.433 e. The molecule has 2 heterocycles. The first kappa shape index (κ1) is 21.5. The van der Waals surface area contributed by atoms with Crippen LogP contribution < -0.4 is 10.1 Å². The summed E-state index contributed by atoms with van der Waals surface area (Å²) in [5, 5.41) is 5.77. The number of amides is 1. The standard InChI is InChI=1S/C20H12ClF4N5O2/c1-32-12-5-2-10(3-6-12)15-9-16(20(23,24)25)30-19(27-15)28-17(29-30)18(31)26-11-4-7-14(22)13(21)8-11/h2-9H,1H3,(H,26,31). The molecule has 2 aromatic carbocycles. The topological polar surface area (TPSA) is 81.4 Å². The fourth-order valence-electron chi connectivity index (χ4n) is 2.84. The zero-order valence-electron chi connectivity index (χ0n) is 16.1. The molecule has 32 heavy (non-hydrogen) atoms. The number of benzene rings is 2. The van der Waals surface area contributed by atoms with Crippen LogP contribution in [0.2, 0.25) is 5.02 Å². The molecule has 12 heteroatoms. The Kier molecular flexibility index (Phi) is 5.43. The second-order valence-electron chi connectivity index (χ2n) is 6.48. The molecule has 0 radical (unpaired) electrons. The fraction of sp³-hybridized carbons (Fsp3) is 0.100. The van der Waals surface area contributed by atoms with Crippen molar-refractivity contribution >= 4 is 29.0 Å². The van der Waals surface area contributed by atoms with Crippen LogP contribution in [0.4, 0.5) is 23.2 Å². The quantitative estimate of drug-likeness (QED) is 0.435. The van der Waals surface area contributed by atoms with E-state index in [1.165, 1.54) is 13.2 Å². The van der Waals surface area contributed by atoms with Crippen molar-refractivity contribution in [1.29, 1.82) is 0 Å². The highest BCUT2D eigenvalue weighted by molar-refractivity contribution is 6.31. The minimum Gasteiger partial charge on any atom is -0.497 e. The Morgan fingerprint density at radius 1 is 1.09 bits per heavy atom. The van der Waals surface area contributed by atoms with Gasteiger partial charge in [-0.3, -0.25) is 4.79 Å². The van der Waals surface area contributed by atoms with Crippen LogP contribution in [0, 0.1) is 5.82 Å². The Hall–Kier alpha value is -3.73. The van der Waals surface area contributed by atoms with E-state index in [1.54, 1.807) is 24.3 Å². The summed E-state index contributed by atoms with van der Waals surface area (Å²) in [6.45, 7) is 0. The lowest BCUT2D eigenvalue weighted by Gasteiger charge is -2.10. The van der Waals surface area contributed by atoms with Crippen molar-refractivity contribution in [3.8, 4) is 17.0 Å². The van der Waals surface area contributed by atoms with E-state index in [2.05, 4.69) is 20.4 Å². The summed E-state index contributed by atoms with van der Waals surface area (Å²) in [6.07, 6.45) is -4.80. The van der Waals surface area contributed by atoms with Crippen molar-refractivity contribution in [2.75, 3.05) is 12.4 Å². The minimum atomic E-state index is -4.80. The van der Waals surface area contributed by atoms with Gasteiger partial charge in [0.05, 0.1) is 17.8 Å². The van der Waals surface area contributed by atoms with Gasteiger partial charge in [-0.2, -0.15) is 22.7 Å². The van der Waals surface area contributed by atoms with Gasteiger partial charge in [-0.05, 0) is 48.5 Å². The average Bonchev–Trinajstić information content (AvgIpc) is 3.19. The average molecular weight is 466 g/mol. The van der Waals surface area contributed by atoms with Crippen LogP contribution in [0.3, 0.4) is 0 Å². The number of nitrogens with zero attached hydrogens (tertiary/aromatic N) is 4. The monoisotopic (exact) mass is 465 g/mol. The zero-order valence-corrected chi connectivity index (χ0v) is 16.9. The van der Waals surface area contributed by atoms with Crippen molar-refractivity contribution in [3.05, 3.63) is 70.9 Å². The SMILES string of the molecule is COc1ccc(-c2cc(C(F)(F)F)n3nc(C(=O)Nc4ccc(F)c(Cl)c4)nc3n2)cc1. The van der Waals surface area contributed by atoms with Gasteiger partial charge >= 0.3 is 6.18 Å². The lowest BCUT2D eigenvalue weighted by molar-refractivity contribution is -0.142. The molecule has 1 N–H and O–H groups in total. The van der Waals surface area contributed by atoms with E-state index in [9.17, 15) is 22.4 Å². The van der Waals surface area contributed by atoms with E-state index in [1.807, 2.05) is 0 Å². The van der Waals surface area contributed by atoms with Gasteiger partial charge in [0.2, 0.25) is 5.82 Å². The van der Waals surface area contributed by atoms with Crippen LogP contribution in [0.5, 0.6) is 5.75 Å². The Labute approximate surface area is 182 Å². The van der Waals surface area contributed by atoms with E-state index in [0.717, 1.165) is 18.2 Å². The number of ether oxygens (including phenoxy) is 1. The molecule has 0 bridgehead atoms. The molecule has 0 aliphatic carbocycles. The van der Waals surface area contributed by atoms with Crippen LogP contribution >= 0.6 is 11.6 Å². The highest BCUT2D eigenvalue weighted by Gasteiger charge is 2.36. The summed E-state index contributed by atoms with van der Waals surface area (Å²) >= 11 is 5.67. The van der Waals surface area contributed by atoms with Gasteiger partial charge in [-0.15, -0.1) is 5.10 Å². The number of aromatic nitrogens is 4. The van der Waals surface area contributed by atoms with Gasteiger partial charge in [0, 0.05) is 11.3 Å². The van der Waals surface area contributed by atoms with Gasteiger partial charge in [-0.1, -0.05) is 11.6 Å². The summed E-state index contributed by atoms with van der Waals surface area (Å²) in [6, 6.07) is 10.4. The molecule has 0 aliphatic rings. The third-order valence-electron chi connectivity index (χ3n) is 4.37. The van der Waals surface area contributed by atoms with Crippen molar-refractivity contribution in [2.24, 2.45) is 0 Å². The van der Waals surface area contributed by atoms with Crippen molar-refractivity contribution in [3.63, 3.8) is 0 Å². The van der Waals surface area contributed by atoms with Gasteiger partial charge in [0.15, 0.2) is 5.69 Å². The first-order valence-corrected chi connectivity index (χ1v) is 9.29. The summed E-state index contributed by atoms with van der Waals surface area (Å²) < 4.78 is 59.8. The molecule has 0 unspecified atom stereocenters. The van der Waals surface area contributed by atoms with Crippen LogP contribution in [-0.4, -0.2) is 32.6 Å². The third kappa shape index (κ3) is 4.19. The summed E-state index contributed by atoms with van der Waals surface area (Å²) in [5.41, 5.74) is -0.682. The summed E-state index contributed by atoms with van der Waals surface area (Å²) in [4.78, 5) is 20.4. The number of rotatable bonds is 4. The highest BCUT2D eigenvalue weighted by Crippen LogP contribution is 2.32. The number of hydrogen-bond acceptors (Lipinski definition) is 5. The van der Waals surface area contributed by atoms with Crippen LogP contribution in [0.25, 0.3) is 17.0 Å². The normalized spacial score (nSPS) is 11.6. The lowest BCUT2D eigenvalue weighted by Crippen LogP contribution is -2.16. The Balaban J connectivity index is 1.75. The molecule has 0 aliphatic heterocycles. The number of carbonyl (C=O) groups is 1. The smallest absolute Gasteiger partial charge is 0.433 e. The molecule has 0 atom stereocenters. The largest absolute Gasteiger partial charge is 0.497 e. The van der Waals surface area contributed by atoms with Crippen LogP contribution in [-0.2, 0) is 6.18 Å². The Morgan fingerprint density at radius 3 is 2.44 bits per heavy atom. The molecule has 2 aromatic heterocycles. The second kappa shape index (κ2) is 8.08. The first-order valence-electron chi connectivity index (χ1n) is 8.91. The van der Waals surface area contributed by atoms with E-state index in [0.29, 0.717) is 15.8 Å². The molecule has 0 fully saturated rings. The van der Waals surface area contributed by atoms with Crippen molar-refractivity contribution in [2.45, 2.75) is 6.18 Å². The van der Waals surface area contributed by atoms with Gasteiger partial charge < -0.3 is 10.1 Å². The molecular weight excluding hydrogens is 454 g/mol. The summed E-state index contributed by atoms with van der Waals surface area (Å²) in [5.74, 6) is -2.07. The molecule has 164 valence electrons. The lowest BCUT2D eigenvalue weighted by atomic mass is 10.1. The number of halogens is 5. The molecule has 0 spiro atoms. The molecule has 7 nitrogen and oxygen atoms in total. The van der Waals surface area contributed by atoms with E-state index >= 15 is 0 Å². The Bertz CT molecular complexity index is 1320. The van der Waals surface area contributed by atoms with E-state index in [-0.39, 0.29) is 16.4 Å². The van der Waals surface area contributed by atoms with Gasteiger partial charge in [0.1, 0.15) is 11.6 Å². The van der Waals surface area contributed by atoms with Gasteiger partial charge in [-0.25, -0.2) is 9.37 Å². The van der Waals surface area contributed by atoms with Crippen LogP contribution in [0.1, 0.15) is 16.3 Å². The van der Waals surface area contributed by atoms with E-state index in [4.69, 9.17) is 16.3 Å². The van der Waals surface area contributed by atoms with E-state index < -0.39 is 35.2 Å².